The highest BCUT2D eigenvalue weighted by Gasteiger charge is 2.29. The van der Waals surface area contributed by atoms with Gasteiger partial charge in [0.1, 0.15) is 11.5 Å². The maximum Gasteiger partial charge on any atom is 0.337 e. The van der Waals surface area contributed by atoms with Crippen molar-refractivity contribution in [1.29, 1.82) is 0 Å². The number of carboxylic acid groups (broad SMARTS) is 1. The largest absolute Gasteiger partial charge is 0.478 e. The van der Waals surface area contributed by atoms with Gasteiger partial charge in [-0.25, -0.2) is 14.2 Å². The molecule has 0 radical (unpaired) electrons. The van der Waals surface area contributed by atoms with Crippen LogP contribution in [0.25, 0.3) is 0 Å². The summed E-state index contributed by atoms with van der Waals surface area (Å²) in [5, 5.41) is 12.0. The van der Waals surface area contributed by atoms with E-state index in [2.05, 4.69) is 10.3 Å². The predicted molar refractivity (Wildman–Crippen MR) is 91.5 cm³/mol. The van der Waals surface area contributed by atoms with Crippen LogP contribution in [0.15, 0.2) is 36.4 Å². The molecule has 1 saturated heterocycles. The molecule has 3 rings (SSSR count). The van der Waals surface area contributed by atoms with Gasteiger partial charge in [0.05, 0.1) is 23.4 Å². The van der Waals surface area contributed by atoms with E-state index in [0.717, 1.165) is 18.4 Å². The van der Waals surface area contributed by atoms with Crippen LogP contribution in [0.1, 0.15) is 51.0 Å². The number of halogens is 1. The summed E-state index contributed by atoms with van der Waals surface area (Å²) in [7, 11) is 0. The molecule has 1 aromatic heterocycles. The summed E-state index contributed by atoms with van der Waals surface area (Å²) < 4.78 is 18.9. The van der Waals surface area contributed by atoms with Gasteiger partial charge in [0.2, 0.25) is 0 Å². The van der Waals surface area contributed by atoms with Crippen LogP contribution in [0.3, 0.4) is 0 Å². The molecule has 2 unspecified atom stereocenters. The number of nitrogens with zero attached hydrogens (tertiary/aromatic N) is 1. The van der Waals surface area contributed by atoms with Crippen molar-refractivity contribution in [1.82, 2.24) is 10.3 Å². The summed E-state index contributed by atoms with van der Waals surface area (Å²) in [6.07, 6.45) is 1.47. The molecule has 26 heavy (non-hydrogen) atoms. The second kappa shape index (κ2) is 7.61. The number of amides is 1. The summed E-state index contributed by atoms with van der Waals surface area (Å²) in [6.45, 7) is 2.15. The number of pyridine rings is 1. The van der Waals surface area contributed by atoms with Gasteiger partial charge in [0, 0.05) is 6.61 Å². The second-order valence-corrected chi connectivity index (χ2v) is 6.19. The minimum Gasteiger partial charge on any atom is -0.478 e. The van der Waals surface area contributed by atoms with Crippen molar-refractivity contribution < 1.29 is 23.8 Å². The summed E-state index contributed by atoms with van der Waals surface area (Å²) in [5.74, 6) is -1.88. The molecule has 2 heterocycles. The quantitative estimate of drug-likeness (QED) is 0.858. The van der Waals surface area contributed by atoms with Crippen LogP contribution >= 0.6 is 0 Å². The molecule has 1 amide bonds. The molecule has 0 aliphatic carbocycles. The van der Waals surface area contributed by atoms with Gasteiger partial charge in [0.15, 0.2) is 0 Å². The molecule has 1 aliphatic rings. The Labute approximate surface area is 150 Å². The summed E-state index contributed by atoms with van der Waals surface area (Å²) in [5.41, 5.74) is 1.18. The smallest absolute Gasteiger partial charge is 0.337 e. The molecule has 2 atom stereocenters. The van der Waals surface area contributed by atoms with E-state index in [1.54, 1.807) is 12.1 Å². The van der Waals surface area contributed by atoms with Crippen LogP contribution in [0.2, 0.25) is 0 Å². The summed E-state index contributed by atoms with van der Waals surface area (Å²) in [6, 6.07) is 8.22. The van der Waals surface area contributed by atoms with Gasteiger partial charge in [-0.15, -0.1) is 0 Å². The minimum absolute atomic E-state index is 0.0516. The van der Waals surface area contributed by atoms with Crippen molar-refractivity contribution >= 4 is 11.9 Å². The maximum atomic E-state index is 13.2. The monoisotopic (exact) mass is 358 g/mol. The van der Waals surface area contributed by atoms with Crippen molar-refractivity contribution in [3.63, 3.8) is 0 Å². The molecular formula is C19H19FN2O4. The Morgan fingerprint density at radius 1 is 1.27 bits per heavy atom. The van der Waals surface area contributed by atoms with Crippen molar-refractivity contribution in [3.05, 3.63) is 64.7 Å². The average molecular weight is 358 g/mol. The molecular weight excluding hydrogens is 339 g/mol. The molecule has 2 N–H and O–H groups in total. The number of benzene rings is 1. The van der Waals surface area contributed by atoms with Gasteiger partial charge in [-0.2, -0.15) is 0 Å². The lowest BCUT2D eigenvalue weighted by Gasteiger charge is -2.24. The molecule has 136 valence electrons. The first-order chi connectivity index (χ1) is 12.5. The highest BCUT2D eigenvalue weighted by atomic mass is 19.1. The normalized spacial score (nSPS) is 17.7. The fourth-order valence-electron chi connectivity index (χ4n) is 3.06. The van der Waals surface area contributed by atoms with Crippen LogP contribution in [-0.2, 0) is 4.74 Å². The van der Waals surface area contributed by atoms with Crippen LogP contribution in [0, 0.1) is 12.7 Å². The van der Waals surface area contributed by atoms with E-state index < -0.39 is 17.9 Å². The third kappa shape index (κ3) is 3.88. The first kappa shape index (κ1) is 18.0. The van der Waals surface area contributed by atoms with Gasteiger partial charge < -0.3 is 15.2 Å². The average Bonchev–Trinajstić information content (AvgIpc) is 3.14. The van der Waals surface area contributed by atoms with Crippen molar-refractivity contribution in [2.45, 2.75) is 31.9 Å². The van der Waals surface area contributed by atoms with Crippen molar-refractivity contribution in [2.24, 2.45) is 0 Å². The molecule has 0 spiro atoms. The Morgan fingerprint density at radius 2 is 2.00 bits per heavy atom. The van der Waals surface area contributed by atoms with Crippen LogP contribution < -0.4 is 5.32 Å². The number of aromatic carboxylic acids is 1. The van der Waals surface area contributed by atoms with Crippen LogP contribution in [-0.4, -0.2) is 34.7 Å². The Kier molecular flexibility index (Phi) is 5.27. The Balaban J connectivity index is 1.84. The zero-order valence-electron chi connectivity index (χ0n) is 14.2. The van der Waals surface area contributed by atoms with E-state index in [4.69, 9.17) is 9.84 Å². The van der Waals surface area contributed by atoms with E-state index in [1.807, 2.05) is 0 Å². The third-order valence-electron chi connectivity index (χ3n) is 4.40. The van der Waals surface area contributed by atoms with Crippen molar-refractivity contribution in [3.8, 4) is 0 Å². The number of carbonyl (C=O) groups is 2. The van der Waals surface area contributed by atoms with E-state index in [9.17, 15) is 14.0 Å². The number of carboxylic acids is 1. The molecule has 1 fully saturated rings. The number of nitrogens with one attached hydrogen (secondary N) is 1. The maximum absolute atomic E-state index is 13.2. The lowest BCUT2D eigenvalue weighted by atomic mass is 9.99. The van der Waals surface area contributed by atoms with E-state index in [1.165, 1.54) is 31.2 Å². The SMILES string of the molecule is Cc1nc(C(=O)NC(c2ccc(F)cc2)C2CCCO2)ccc1C(=O)O. The molecule has 0 saturated carbocycles. The number of aryl methyl sites for hydroxylation is 1. The second-order valence-electron chi connectivity index (χ2n) is 6.19. The zero-order valence-corrected chi connectivity index (χ0v) is 14.2. The highest BCUT2D eigenvalue weighted by molar-refractivity contribution is 5.94. The standard InChI is InChI=1S/C19H19FN2O4/c1-11-14(19(24)25)8-9-15(21-11)18(23)22-17(16-3-2-10-26-16)12-4-6-13(20)7-5-12/h4-9,16-17H,2-3,10H2,1H3,(H,22,23)(H,24,25). The van der Waals surface area contributed by atoms with Gasteiger partial charge >= 0.3 is 5.97 Å². The zero-order chi connectivity index (χ0) is 18.7. The molecule has 2 aromatic rings. The van der Waals surface area contributed by atoms with Gasteiger partial charge in [-0.05, 0) is 49.6 Å². The molecule has 6 nitrogen and oxygen atoms in total. The molecule has 1 aromatic carbocycles. The number of rotatable bonds is 5. The Bertz CT molecular complexity index is 817. The number of hydrogen-bond acceptors (Lipinski definition) is 4. The van der Waals surface area contributed by atoms with E-state index in [-0.39, 0.29) is 28.9 Å². The number of aromatic nitrogens is 1. The fraction of sp³-hybridized carbons (Fsp3) is 0.316. The Hall–Kier alpha value is -2.80. The van der Waals surface area contributed by atoms with E-state index >= 15 is 0 Å². The predicted octanol–water partition coefficient (Wildman–Crippen LogP) is 2.88. The Morgan fingerprint density at radius 3 is 2.58 bits per heavy atom. The first-order valence-electron chi connectivity index (χ1n) is 8.34. The molecule has 7 heteroatoms. The number of hydrogen-bond donors (Lipinski definition) is 2. The first-order valence-corrected chi connectivity index (χ1v) is 8.34. The van der Waals surface area contributed by atoms with Gasteiger partial charge in [0.25, 0.3) is 5.91 Å². The molecule has 1 aliphatic heterocycles. The lowest BCUT2D eigenvalue weighted by molar-refractivity contribution is 0.0667. The summed E-state index contributed by atoms with van der Waals surface area (Å²) in [4.78, 5) is 27.8. The fourth-order valence-corrected chi connectivity index (χ4v) is 3.06. The van der Waals surface area contributed by atoms with Crippen LogP contribution in [0.4, 0.5) is 4.39 Å². The number of ether oxygens (including phenoxy) is 1. The summed E-state index contributed by atoms with van der Waals surface area (Å²) >= 11 is 0. The van der Waals surface area contributed by atoms with Gasteiger partial charge in [-0.1, -0.05) is 12.1 Å². The number of carbonyl (C=O) groups excluding carboxylic acids is 1. The van der Waals surface area contributed by atoms with Crippen LogP contribution in [0.5, 0.6) is 0 Å². The minimum atomic E-state index is -1.09. The third-order valence-corrected chi connectivity index (χ3v) is 4.40. The van der Waals surface area contributed by atoms with Crippen molar-refractivity contribution in [2.75, 3.05) is 6.61 Å². The lowest BCUT2D eigenvalue weighted by Crippen LogP contribution is -2.36. The van der Waals surface area contributed by atoms with Gasteiger partial charge in [-0.3, -0.25) is 4.79 Å². The molecule has 0 bridgehead atoms. The highest BCUT2D eigenvalue weighted by Crippen LogP contribution is 2.27. The topological polar surface area (TPSA) is 88.5 Å². The van der Waals surface area contributed by atoms with E-state index in [0.29, 0.717) is 6.61 Å².